The highest BCUT2D eigenvalue weighted by molar-refractivity contribution is 7.99. The number of hydrogen-bond acceptors (Lipinski definition) is 8. The van der Waals surface area contributed by atoms with E-state index in [9.17, 15) is 4.79 Å². The highest BCUT2D eigenvalue weighted by Crippen LogP contribution is 2.32. The Kier molecular flexibility index (Phi) is 5.48. The zero-order valence-corrected chi connectivity index (χ0v) is 17.5. The fraction of sp³-hybridized carbons (Fsp3) is 0.500. The standard InChI is InChI=1S/C20H24N8OS/c29-17(13-30-20-24-25-26-28(20)14-7-1-2-8-14)23-18-19(27-11-5-6-12-27)22-16-10-4-3-9-15(16)21-18/h3-4,9-10,14H,1-2,5-8,11-13H2,(H,21,23,29). The number of nitrogens with one attached hydrogen (secondary N) is 1. The topological polar surface area (TPSA) is 102 Å². The minimum Gasteiger partial charge on any atom is -0.354 e. The van der Waals surface area contributed by atoms with E-state index < -0.39 is 0 Å². The van der Waals surface area contributed by atoms with Gasteiger partial charge in [-0.25, -0.2) is 14.6 Å². The second-order valence-electron chi connectivity index (χ2n) is 7.76. The van der Waals surface area contributed by atoms with Gasteiger partial charge in [0.25, 0.3) is 0 Å². The summed E-state index contributed by atoms with van der Waals surface area (Å²) < 4.78 is 1.87. The number of nitrogens with zero attached hydrogens (tertiary/aromatic N) is 7. The maximum atomic E-state index is 12.7. The maximum Gasteiger partial charge on any atom is 0.236 e. The molecule has 2 fully saturated rings. The number of carbonyl (C=O) groups is 1. The SMILES string of the molecule is O=C(CSc1nnnn1C1CCCC1)Nc1nc2ccccc2nc1N1CCCC1. The van der Waals surface area contributed by atoms with Crippen LogP contribution in [0, 0.1) is 0 Å². The van der Waals surface area contributed by atoms with Crippen LogP contribution in [0.3, 0.4) is 0 Å². The van der Waals surface area contributed by atoms with Crippen molar-refractivity contribution in [3.8, 4) is 0 Å². The van der Waals surface area contributed by atoms with Crippen molar-refractivity contribution in [3.05, 3.63) is 24.3 Å². The molecular formula is C20H24N8OS. The predicted molar refractivity (Wildman–Crippen MR) is 116 cm³/mol. The van der Waals surface area contributed by atoms with Gasteiger partial charge in [0.15, 0.2) is 11.6 Å². The molecule has 9 nitrogen and oxygen atoms in total. The minimum atomic E-state index is -0.133. The second kappa shape index (κ2) is 8.55. The summed E-state index contributed by atoms with van der Waals surface area (Å²) in [6, 6.07) is 8.09. The number of rotatable bonds is 6. The molecule has 3 aromatic rings. The van der Waals surface area contributed by atoms with Crippen molar-refractivity contribution in [1.82, 2.24) is 30.2 Å². The summed E-state index contributed by atoms with van der Waals surface area (Å²) in [6.45, 7) is 1.86. The first-order valence-electron chi connectivity index (χ1n) is 10.5. The molecule has 1 aliphatic carbocycles. The van der Waals surface area contributed by atoms with E-state index in [1.165, 1.54) is 24.6 Å². The Morgan fingerprint density at radius 3 is 2.57 bits per heavy atom. The highest BCUT2D eigenvalue weighted by atomic mass is 32.2. The zero-order chi connectivity index (χ0) is 20.3. The van der Waals surface area contributed by atoms with Gasteiger partial charge in [-0.05, 0) is 48.2 Å². The number of aromatic nitrogens is 6. The number of benzene rings is 1. The lowest BCUT2D eigenvalue weighted by molar-refractivity contribution is -0.113. The van der Waals surface area contributed by atoms with E-state index >= 15 is 0 Å². The molecule has 0 atom stereocenters. The monoisotopic (exact) mass is 424 g/mol. The number of anilines is 2. The molecule has 5 rings (SSSR count). The lowest BCUT2D eigenvalue weighted by Crippen LogP contribution is -2.24. The Labute approximate surface area is 178 Å². The van der Waals surface area contributed by atoms with Crippen molar-refractivity contribution in [1.29, 1.82) is 0 Å². The van der Waals surface area contributed by atoms with Crippen LogP contribution in [0.1, 0.15) is 44.6 Å². The van der Waals surface area contributed by atoms with E-state index in [1.54, 1.807) is 0 Å². The predicted octanol–water partition coefficient (Wildman–Crippen LogP) is 3.06. The first-order valence-corrected chi connectivity index (χ1v) is 11.5. The number of thioether (sulfide) groups is 1. The average molecular weight is 425 g/mol. The lowest BCUT2D eigenvalue weighted by Gasteiger charge is -2.20. The number of carbonyl (C=O) groups excluding carboxylic acids is 1. The Morgan fingerprint density at radius 2 is 1.80 bits per heavy atom. The molecule has 30 heavy (non-hydrogen) atoms. The molecule has 1 aromatic carbocycles. The van der Waals surface area contributed by atoms with Crippen molar-refractivity contribution in [2.75, 3.05) is 29.1 Å². The van der Waals surface area contributed by atoms with Crippen LogP contribution in [-0.4, -0.2) is 54.9 Å². The van der Waals surface area contributed by atoms with Gasteiger partial charge in [0.2, 0.25) is 11.1 Å². The molecule has 1 amide bonds. The van der Waals surface area contributed by atoms with E-state index in [0.29, 0.717) is 17.0 Å². The highest BCUT2D eigenvalue weighted by Gasteiger charge is 2.23. The molecule has 1 N–H and O–H groups in total. The molecular weight excluding hydrogens is 400 g/mol. The Balaban J connectivity index is 1.32. The van der Waals surface area contributed by atoms with E-state index in [4.69, 9.17) is 9.97 Å². The summed E-state index contributed by atoms with van der Waals surface area (Å²) in [4.78, 5) is 24.4. The van der Waals surface area contributed by atoms with E-state index in [2.05, 4.69) is 25.7 Å². The molecule has 1 saturated heterocycles. The third-order valence-electron chi connectivity index (χ3n) is 5.68. The number of tetrazole rings is 1. The molecule has 0 unspecified atom stereocenters. The van der Waals surface area contributed by atoms with Gasteiger partial charge in [0.1, 0.15) is 0 Å². The van der Waals surface area contributed by atoms with Crippen LogP contribution in [0.5, 0.6) is 0 Å². The number of hydrogen-bond donors (Lipinski definition) is 1. The molecule has 156 valence electrons. The van der Waals surface area contributed by atoms with Crippen LogP contribution in [0.25, 0.3) is 11.0 Å². The van der Waals surface area contributed by atoms with Gasteiger partial charge in [-0.2, -0.15) is 0 Å². The third kappa shape index (κ3) is 3.96. The molecule has 10 heteroatoms. The van der Waals surface area contributed by atoms with Crippen LogP contribution in [-0.2, 0) is 4.79 Å². The van der Waals surface area contributed by atoms with Crippen molar-refractivity contribution < 1.29 is 4.79 Å². The molecule has 1 aliphatic heterocycles. The van der Waals surface area contributed by atoms with Crippen molar-refractivity contribution in [3.63, 3.8) is 0 Å². The van der Waals surface area contributed by atoms with Gasteiger partial charge in [0, 0.05) is 13.1 Å². The maximum absolute atomic E-state index is 12.7. The molecule has 3 heterocycles. The smallest absolute Gasteiger partial charge is 0.236 e. The Bertz CT molecular complexity index is 1040. The zero-order valence-electron chi connectivity index (χ0n) is 16.7. The van der Waals surface area contributed by atoms with E-state index in [0.717, 1.165) is 55.6 Å². The Morgan fingerprint density at radius 1 is 1.07 bits per heavy atom. The summed E-state index contributed by atoms with van der Waals surface area (Å²) in [7, 11) is 0. The first kappa shape index (κ1) is 19.2. The minimum absolute atomic E-state index is 0.133. The molecule has 2 aliphatic rings. The Hall–Kier alpha value is -2.75. The van der Waals surface area contributed by atoms with E-state index in [-0.39, 0.29) is 11.7 Å². The second-order valence-corrected chi connectivity index (χ2v) is 8.70. The van der Waals surface area contributed by atoms with Crippen LogP contribution in [0.2, 0.25) is 0 Å². The lowest BCUT2D eigenvalue weighted by atomic mass is 10.3. The molecule has 0 spiro atoms. The number of amides is 1. The third-order valence-corrected chi connectivity index (χ3v) is 6.61. The molecule has 2 aromatic heterocycles. The van der Waals surface area contributed by atoms with E-state index in [1.807, 2.05) is 28.9 Å². The van der Waals surface area contributed by atoms with Crippen LogP contribution in [0.4, 0.5) is 11.6 Å². The van der Waals surface area contributed by atoms with Crippen LogP contribution >= 0.6 is 11.8 Å². The summed E-state index contributed by atoms with van der Waals surface area (Å²) >= 11 is 1.36. The summed E-state index contributed by atoms with van der Waals surface area (Å²) in [6.07, 6.45) is 6.85. The van der Waals surface area contributed by atoms with Crippen LogP contribution in [0.15, 0.2) is 29.4 Å². The van der Waals surface area contributed by atoms with Crippen molar-refractivity contribution in [2.45, 2.75) is 49.7 Å². The fourth-order valence-electron chi connectivity index (χ4n) is 4.18. The van der Waals surface area contributed by atoms with Gasteiger partial charge in [-0.1, -0.05) is 36.7 Å². The average Bonchev–Trinajstić information content (AvgIpc) is 3.54. The van der Waals surface area contributed by atoms with Crippen LogP contribution < -0.4 is 10.2 Å². The van der Waals surface area contributed by atoms with Crippen molar-refractivity contribution in [2.24, 2.45) is 0 Å². The van der Waals surface area contributed by atoms with Gasteiger partial charge in [-0.15, -0.1) is 5.10 Å². The summed E-state index contributed by atoms with van der Waals surface area (Å²) in [5.74, 6) is 1.36. The van der Waals surface area contributed by atoms with Gasteiger partial charge < -0.3 is 10.2 Å². The first-order chi connectivity index (χ1) is 14.8. The largest absolute Gasteiger partial charge is 0.354 e. The van der Waals surface area contributed by atoms with Gasteiger partial charge >= 0.3 is 0 Å². The molecule has 0 bridgehead atoms. The number of para-hydroxylation sites is 2. The fourth-order valence-corrected chi connectivity index (χ4v) is 4.93. The van der Waals surface area contributed by atoms with Crippen molar-refractivity contribution >= 4 is 40.3 Å². The number of fused-ring (bicyclic) bond motifs is 1. The normalized spacial score (nSPS) is 17.1. The molecule has 1 saturated carbocycles. The summed E-state index contributed by atoms with van der Waals surface area (Å²) in [5, 5.41) is 15.7. The summed E-state index contributed by atoms with van der Waals surface area (Å²) in [5.41, 5.74) is 1.61. The molecule has 0 radical (unpaired) electrons. The quantitative estimate of drug-likeness (QED) is 0.603. The van der Waals surface area contributed by atoms with Gasteiger partial charge in [0.05, 0.1) is 22.8 Å². The van der Waals surface area contributed by atoms with Gasteiger partial charge in [-0.3, -0.25) is 4.79 Å².